The topological polar surface area (TPSA) is 97.1 Å². The summed E-state index contributed by atoms with van der Waals surface area (Å²) in [7, 11) is 0. The summed E-state index contributed by atoms with van der Waals surface area (Å²) in [6.45, 7) is 3.68. The first kappa shape index (κ1) is 21.4. The van der Waals surface area contributed by atoms with Gasteiger partial charge >= 0.3 is 5.97 Å². The van der Waals surface area contributed by atoms with E-state index in [1.54, 1.807) is 0 Å². The quantitative estimate of drug-likeness (QED) is 0.537. The van der Waals surface area contributed by atoms with E-state index in [1.807, 2.05) is 54.6 Å². The number of rotatable bonds is 7. The van der Waals surface area contributed by atoms with E-state index >= 15 is 0 Å². The van der Waals surface area contributed by atoms with Crippen molar-refractivity contribution in [3.05, 3.63) is 65.7 Å². The van der Waals surface area contributed by atoms with Gasteiger partial charge in [0.25, 0.3) is 0 Å². The van der Waals surface area contributed by atoms with Crippen molar-refractivity contribution in [3.8, 4) is 11.3 Å². The van der Waals surface area contributed by atoms with E-state index in [1.165, 1.54) is 0 Å². The lowest BCUT2D eigenvalue weighted by Crippen LogP contribution is -2.48. The molecule has 0 radical (unpaired) electrons. The molecular weight excluding hydrogens is 394 g/mol. The number of hydrogen-bond donors (Lipinski definition) is 3. The molecule has 2 aromatic carbocycles. The molecule has 162 valence electrons. The SMILES string of the molecule is O=C(O)c1c(CN2CCN(C[C@H](O)CO)CC2)c(-c2ccccc2)nc2ccccc12. The Morgan fingerprint density at radius 2 is 1.61 bits per heavy atom. The van der Waals surface area contributed by atoms with Gasteiger partial charge in [0.15, 0.2) is 0 Å². The number of aromatic carboxylic acids is 1. The third-order valence-electron chi connectivity index (χ3n) is 5.78. The number of aliphatic hydroxyl groups is 2. The minimum Gasteiger partial charge on any atom is -0.478 e. The molecule has 0 bridgehead atoms. The Hall–Kier alpha value is -2.84. The molecule has 0 saturated carbocycles. The zero-order valence-corrected chi connectivity index (χ0v) is 17.3. The van der Waals surface area contributed by atoms with Gasteiger partial charge in [-0.2, -0.15) is 0 Å². The molecule has 31 heavy (non-hydrogen) atoms. The highest BCUT2D eigenvalue weighted by atomic mass is 16.4. The van der Waals surface area contributed by atoms with Gasteiger partial charge in [-0.1, -0.05) is 48.5 Å². The van der Waals surface area contributed by atoms with E-state index in [-0.39, 0.29) is 6.61 Å². The fraction of sp³-hybridized carbons (Fsp3) is 0.333. The third kappa shape index (κ3) is 4.75. The number of carboxylic acid groups (broad SMARTS) is 1. The number of para-hydroxylation sites is 1. The fourth-order valence-electron chi connectivity index (χ4n) is 4.19. The maximum atomic E-state index is 12.4. The molecule has 1 aliphatic rings. The average Bonchev–Trinajstić information content (AvgIpc) is 2.80. The summed E-state index contributed by atoms with van der Waals surface area (Å²) >= 11 is 0. The van der Waals surface area contributed by atoms with Gasteiger partial charge in [0.2, 0.25) is 0 Å². The predicted molar refractivity (Wildman–Crippen MR) is 119 cm³/mol. The Bertz CT molecular complexity index is 1050. The van der Waals surface area contributed by atoms with Crippen LogP contribution in [-0.4, -0.2) is 81.5 Å². The number of piperazine rings is 1. The molecule has 3 aromatic rings. The van der Waals surface area contributed by atoms with Crippen molar-refractivity contribution < 1.29 is 20.1 Å². The highest BCUT2D eigenvalue weighted by molar-refractivity contribution is 6.05. The van der Waals surface area contributed by atoms with Crippen molar-refractivity contribution in [2.24, 2.45) is 0 Å². The van der Waals surface area contributed by atoms with Crippen molar-refractivity contribution >= 4 is 16.9 Å². The van der Waals surface area contributed by atoms with Crippen LogP contribution in [-0.2, 0) is 6.54 Å². The number of hydrogen-bond acceptors (Lipinski definition) is 6. The molecule has 3 N–H and O–H groups in total. The van der Waals surface area contributed by atoms with Gasteiger partial charge in [0.05, 0.1) is 29.5 Å². The maximum Gasteiger partial charge on any atom is 0.336 e. The highest BCUT2D eigenvalue weighted by Crippen LogP contribution is 2.31. The lowest BCUT2D eigenvalue weighted by molar-refractivity contribution is 0.0382. The number of carboxylic acids is 1. The Morgan fingerprint density at radius 3 is 2.29 bits per heavy atom. The molecule has 1 fully saturated rings. The summed E-state index contributed by atoms with van der Waals surface area (Å²) in [5.74, 6) is -0.949. The zero-order valence-electron chi connectivity index (χ0n) is 17.3. The van der Waals surface area contributed by atoms with Crippen LogP contribution in [0.4, 0.5) is 0 Å². The van der Waals surface area contributed by atoms with Gasteiger partial charge in [0, 0.05) is 55.8 Å². The van der Waals surface area contributed by atoms with E-state index in [2.05, 4.69) is 9.80 Å². The first-order chi connectivity index (χ1) is 15.1. The number of nitrogens with zero attached hydrogens (tertiary/aromatic N) is 3. The molecule has 7 heteroatoms. The van der Waals surface area contributed by atoms with Crippen LogP contribution in [0, 0.1) is 0 Å². The van der Waals surface area contributed by atoms with Crippen molar-refractivity contribution in [1.82, 2.24) is 14.8 Å². The molecular formula is C24H27N3O4. The van der Waals surface area contributed by atoms with Crippen LogP contribution >= 0.6 is 0 Å². The van der Waals surface area contributed by atoms with E-state index in [0.717, 1.165) is 37.3 Å². The summed E-state index contributed by atoms with van der Waals surface area (Å²) in [4.78, 5) is 21.6. The average molecular weight is 421 g/mol. The van der Waals surface area contributed by atoms with Gasteiger partial charge in [-0.25, -0.2) is 9.78 Å². The number of fused-ring (bicyclic) bond motifs is 1. The van der Waals surface area contributed by atoms with Crippen molar-refractivity contribution in [2.45, 2.75) is 12.6 Å². The number of pyridine rings is 1. The van der Waals surface area contributed by atoms with Crippen molar-refractivity contribution in [3.63, 3.8) is 0 Å². The van der Waals surface area contributed by atoms with Crippen LogP contribution in [0.3, 0.4) is 0 Å². The third-order valence-corrected chi connectivity index (χ3v) is 5.78. The lowest BCUT2D eigenvalue weighted by Gasteiger charge is -2.36. The van der Waals surface area contributed by atoms with Crippen LogP contribution in [0.25, 0.3) is 22.2 Å². The second-order valence-corrected chi connectivity index (χ2v) is 7.92. The Morgan fingerprint density at radius 1 is 0.968 bits per heavy atom. The van der Waals surface area contributed by atoms with Gasteiger partial charge < -0.3 is 15.3 Å². The van der Waals surface area contributed by atoms with Crippen LogP contribution in [0.2, 0.25) is 0 Å². The second kappa shape index (κ2) is 9.53. The first-order valence-electron chi connectivity index (χ1n) is 10.5. The van der Waals surface area contributed by atoms with Gasteiger partial charge in [-0.15, -0.1) is 0 Å². The summed E-state index contributed by atoms with van der Waals surface area (Å²) < 4.78 is 0. The minimum absolute atomic E-state index is 0.245. The number of aromatic nitrogens is 1. The fourth-order valence-corrected chi connectivity index (χ4v) is 4.19. The monoisotopic (exact) mass is 421 g/mol. The van der Waals surface area contributed by atoms with Gasteiger partial charge in [-0.05, 0) is 6.07 Å². The first-order valence-corrected chi connectivity index (χ1v) is 10.5. The minimum atomic E-state index is -0.949. The molecule has 1 aromatic heterocycles. The van der Waals surface area contributed by atoms with Crippen LogP contribution < -0.4 is 0 Å². The van der Waals surface area contributed by atoms with Crippen LogP contribution in [0.1, 0.15) is 15.9 Å². The van der Waals surface area contributed by atoms with E-state index in [9.17, 15) is 15.0 Å². The Balaban J connectivity index is 1.69. The lowest BCUT2D eigenvalue weighted by atomic mass is 9.96. The zero-order chi connectivity index (χ0) is 21.8. The summed E-state index contributed by atoms with van der Waals surface area (Å²) in [5, 5.41) is 29.5. The summed E-state index contributed by atoms with van der Waals surface area (Å²) in [6.07, 6.45) is -0.737. The number of benzene rings is 2. The molecule has 1 atom stereocenters. The Kier molecular flexibility index (Phi) is 6.58. The second-order valence-electron chi connectivity index (χ2n) is 7.92. The highest BCUT2D eigenvalue weighted by Gasteiger charge is 2.25. The van der Waals surface area contributed by atoms with E-state index in [4.69, 9.17) is 10.1 Å². The molecule has 0 aliphatic carbocycles. The van der Waals surface area contributed by atoms with Crippen molar-refractivity contribution in [2.75, 3.05) is 39.3 Å². The van der Waals surface area contributed by atoms with Crippen LogP contribution in [0.15, 0.2) is 54.6 Å². The molecule has 1 saturated heterocycles. The number of carbonyl (C=O) groups is 1. The van der Waals surface area contributed by atoms with E-state index in [0.29, 0.717) is 35.2 Å². The standard InChI is InChI=1S/C24H27N3O4/c28-16-18(29)14-26-10-12-27(13-11-26)15-20-22(24(30)31)19-8-4-5-9-21(19)25-23(20)17-6-2-1-3-7-17/h1-9,18,28-29H,10-16H2,(H,30,31)/t18-/m0/s1. The molecule has 0 unspecified atom stereocenters. The summed E-state index contributed by atoms with van der Waals surface area (Å²) in [6, 6.07) is 17.1. The Labute approximate surface area is 181 Å². The molecule has 0 amide bonds. The predicted octanol–water partition coefficient (Wildman–Crippen LogP) is 2.07. The molecule has 7 nitrogen and oxygen atoms in total. The molecule has 2 heterocycles. The maximum absolute atomic E-state index is 12.4. The van der Waals surface area contributed by atoms with Crippen LogP contribution in [0.5, 0.6) is 0 Å². The molecule has 1 aliphatic heterocycles. The number of β-amino-alcohol motifs (C(OH)–C–C–N with tert-alkyl or cyclic N) is 1. The normalized spacial score (nSPS) is 16.5. The molecule has 4 rings (SSSR count). The van der Waals surface area contributed by atoms with Gasteiger partial charge in [0.1, 0.15) is 0 Å². The largest absolute Gasteiger partial charge is 0.478 e. The smallest absolute Gasteiger partial charge is 0.336 e. The molecule has 0 spiro atoms. The summed E-state index contributed by atoms with van der Waals surface area (Å²) in [5.41, 5.74) is 3.31. The van der Waals surface area contributed by atoms with E-state index < -0.39 is 12.1 Å². The van der Waals surface area contributed by atoms with Crippen molar-refractivity contribution in [1.29, 1.82) is 0 Å². The number of aliphatic hydroxyl groups excluding tert-OH is 2. The van der Waals surface area contributed by atoms with Gasteiger partial charge in [-0.3, -0.25) is 9.80 Å².